The zero-order valence-electron chi connectivity index (χ0n) is 18.9. The van der Waals surface area contributed by atoms with E-state index in [1.807, 2.05) is 24.3 Å². The van der Waals surface area contributed by atoms with E-state index in [4.69, 9.17) is 5.11 Å². The van der Waals surface area contributed by atoms with Gasteiger partial charge >= 0.3 is 0 Å². The van der Waals surface area contributed by atoms with Gasteiger partial charge in [-0.05, 0) is 34.7 Å². The van der Waals surface area contributed by atoms with Crippen LogP contribution in [-0.2, 0) is 4.79 Å². The highest BCUT2D eigenvalue weighted by Gasteiger charge is 2.27. The number of carbonyl (C=O) groups excluding carboxylic acids is 1. The van der Waals surface area contributed by atoms with Gasteiger partial charge in [-0.1, -0.05) is 24.3 Å². The first-order valence-corrected chi connectivity index (χ1v) is 11.6. The van der Waals surface area contributed by atoms with E-state index in [2.05, 4.69) is 31.9 Å². The summed E-state index contributed by atoms with van der Waals surface area (Å²) in [5.74, 6) is 0.0653. The molecule has 2 aromatic rings. The van der Waals surface area contributed by atoms with Gasteiger partial charge in [0.05, 0.1) is 18.7 Å². The standard InChI is InChI=1S/C26H32N4O3/c31-16-15-30-13-11-29(12-14-30)10-9-28-19-24-25(32)17-23(18-26(24)33)21-3-1-20(2-4-21)22-5-7-27-8-6-22/h1-8,19,23,31-32H,9-18H2. The maximum atomic E-state index is 12.7. The summed E-state index contributed by atoms with van der Waals surface area (Å²) < 4.78 is 0. The van der Waals surface area contributed by atoms with Gasteiger partial charge in [0.1, 0.15) is 5.76 Å². The van der Waals surface area contributed by atoms with E-state index in [1.54, 1.807) is 18.6 Å². The molecule has 1 unspecified atom stereocenters. The van der Waals surface area contributed by atoms with Crippen LogP contribution in [0.2, 0.25) is 0 Å². The number of hydrogen-bond acceptors (Lipinski definition) is 7. The summed E-state index contributed by atoms with van der Waals surface area (Å²) in [5, 5.41) is 19.6. The summed E-state index contributed by atoms with van der Waals surface area (Å²) in [4.78, 5) is 25.8. The number of β-amino-alcohol motifs (C(OH)–C–C–N with tert-alkyl or cyclic N) is 1. The minimum Gasteiger partial charge on any atom is -0.511 e. The van der Waals surface area contributed by atoms with Crippen LogP contribution < -0.4 is 0 Å². The van der Waals surface area contributed by atoms with Crippen molar-refractivity contribution in [3.8, 4) is 11.1 Å². The lowest BCUT2D eigenvalue weighted by Gasteiger charge is -2.33. The van der Waals surface area contributed by atoms with E-state index in [1.165, 1.54) is 0 Å². The maximum Gasteiger partial charge on any atom is 0.168 e. The minimum absolute atomic E-state index is 0.0173. The molecule has 2 heterocycles. The molecular formula is C26H32N4O3. The van der Waals surface area contributed by atoms with Gasteiger partial charge in [0.15, 0.2) is 5.78 Å². The number of piperazine rings is 1. The number of carbonyl (C=O) groups is 1. The topological polar surface area (TPSA) is 89.3 Å². The van der Waals surface area contributed by atoms with Gasteiger partial charge in [0, 0.05) is 70.7 Å². The first-order valence-electron chi connectivity index (χ1n) is 11.6. The molecule has 7 heteroatoms. The smallest absolute Gasteiger partial charge is 0.168 e. The normalized spacial score (nSPS) is 20.6. The summed E-state index contributed by atoms with van der Waals surface area (Å²) in [6, 6.07) is 12.1. The zero-order chi connectivity index (χ0) is 23.0. The monoisotopic (exact) mass is 448 g/mol. The van der Waals surface area contributed by atoms with Crippen molar-refractivity contribution in [2.45, 2.75) is 18.8 Å². The molecule has 0 amide bonds. The molecule has 1 aromatic carbocycles. The summed E-state index contributed by atoms with van der Waals surface area (Å²) in [7, 11) is 0. The molecule has 174 valence electrons. The highest BCUT2D eigenvalue weighted by atomic mass is 16.3. The largest absolute Gasteiger partial charge is 0.511 e. The third-order valence-electron chi connectivity index (χ3n) is 6.53. The molecule has 1 aliphatic carbocycles. The third-order valence-corrected chi connectivity index (χ3v) is 6.53. The van der Waals surface area contributed by atoms with Gasteiger partial charge in [-0.25, -0.2) is 0 Å². The van der Waals surface area contributed by atoms with E-state index in [-0.39, 0.29) is 24.1 Å². The molecule has 1 fully saturated rings. The Morgan fingerprint density at radius 3 is 2.21 bits per heavy atom. The molecule has 33 heavy (non-hydrogen) atoms. The average Bonchev–Trinajstić information content (AvgIpc) is 2.85. The summed E-state index contributed by atoms with van der Waals surface area (Å²) in [6.45, 7) is 6.21. The number of Topliss-reactive ketones (excluding diaryl/α,β-unsaturated/α-hetero) is 1. The Morgan fingerprint density at radius 1 is 0.939 bits per heavy atom. The lowest BCUT2D eigenvalue weighted by Crippen LogP contribution is -2.47. The van der Waals surface area contributed by atoms with Crippen LogP contribution in [0.3, 0.4) is 0 Å². The van der Waals surface area contributed by atoms with Crippen molar-refractivity contribution >= 4 is 12.0 Å². The molecular weight excluding hydrogens is 416 g/mol. The van der Waals surface area contributed by atoms with Gasteiger partial charge in [-0.2, -0.15) is 0 Å². The predicted octanol–water partition coefficient (Wildman–Crippen LogP) is 2.69. The Morgan fingerprint density at radius 2 is 1.58 bits per heavy atom. The van der Waals surface area contributed by atoms with E-state index >= 15 is 0 Å². The van der Waals surface area contributed by atoms with Crippen molar-refractivity contribution in [1.29, 1.82) is 0 Å². The van der Waals surface area contributed by atoms with E-state index < -0.39 is 0 Å². The molecule has 4 rings (SSSR count). The second-order valence-electron chi connectivity index (χ2n) is 8.69. The van der Waals surface area contributed by atoms with Gasteiger partial charge in [0.2, 0.25) is 0 Å². The fraction of sp³-hybridized carbons (Fsp3) is 0.423. The Kier molecular flexibility index (Phi) is 7.99. The summed E-state index contributed by atoms with van der Waals surface area (Å²) in [5.41, 5.74) is 3.62. The van der Waals surface area contributed by atoms with Crippen molar-refractivity contribution in [3.63, 3.8) is 0 Å². The number of nitrogens with zero attached hydrogens (tertiary/aromatic N) is 4. The predicted molar refractivity (Wildman–Crippen MR) is 130 cm³/mol. The van der Waals surface area contributed by atoms with Crippen LogP contribution in [0, 0.1) is 0 Å². The number of rotatable bonds is 8. The Labute approximate surface area is 195 Å². The first kappa shape index (κ1) is 23.3. The molecule has 1 aromatic heterocycles. The van der Waals surface area contributed by atoms with Crippen molar-refractivity contribution < 1.29 is 15.0 Å². The molecule has 1 saturated heterocycles. The van der Waals surface area contributed by atoms with Crippen molar-refractivity contribution in [2.75, 3.05) is 52.4 Å². The number of hydrogen-bond donors (Lipinski definition) is 2. The number of aromatic nitrogens is 1. The molecule has 2 aliphatic rings. The Bertz CT molecular complexity index is 980. The lowest BCUT2D eigenvalue weighted by atomic mass is 9.82. The van der Waals surface area contributed by atoms with E-state index in [0.717, 1.165) is 56.0 Å². The Balaban J connectivity index is 1.30. The van der Waals surface area contributed by atoms with Crippen LogP contribution in [0.15, 0.2) is 65.1 Å². The second-order valence-corrected chi connectivity index (χ2v) is 8.69. The molecule has 1 atom stereocenters. The molecule has 0 bridgehead atoms. The number of pyridine rings is 1. The first-order chi connectivity index (χ1) is 16.1. The number of aliphatic hydroxyl groups is 2. The van der Waals surface area contributed by atoms with Crippen LogP contribution in [0.25, 0.3) is 11.1 Å². The number of benzene rings is 1. The van der Waals surface area contributed by atoms with Crippen LogP contribution in [-0.4, -0.2) is 89.4 Å². The van der Waals surface area contributed by atoms with E-state index in [0.29, 0.717) is 25.0 Å². The van der Waals surface area contributed by atoms with Crippen LogP contribution in [0.4, 0.5) is 0 Å². The average molecular weight is 449 g/mol. The number of ketones is 1. The highest BCUT2D eigenvalue weighted by Crippen LogP contribution is 2.34. The van der Waals surface area contributed by atoms with Gasteiger partial charge in [-0.15, -0.1) is 0 Å². The number of aliphatic hydroxyl groups excluding tert-OH is 2. The molecule has 0 spiro atoms. The van der Waals surface area contributed by atoms with Gasteiger partial charge < -0.3 is 10.2 Å². The molecule has 0 radical (unpaired) electrons. The van der Waals surface area contributed by atoms with Crippen molar-refractivity contribution in [3.05, 3.63) is 65.7 Å². The minimum atomic E-state index is -0.0525. The number of allylic oxidation sites excluding steroid dienone is 2. The lowest BCUT2D eigenvalue weighted by molar-refractivity contribution is -0.116. The van der Waals surface area contributed by atoms with Crippen LogP contribution >= 0.6 is 0 Å². The molecule has 7 nitrogen and oxygen atoms in total. The third kappa shape index (κ3) is 6.13. The molecule has 2 N–H and O–H groups in total. The van der Waals surface area contributed by atoms with E-state index in [9.17, 15) is 9.90 Å². The summed E-state index contributed by atoms with van der Waals surface area (Å²) in [6.07, 6.45) is 5.94. The van der Waals surface area contributed by atoms with Gasteiger partial charge in [0.25, 0.3) is 0 Å². The SMILES string of the molecule is O=C1CC(c2ccc(-c3ccncc3)cc2)CC(O)=C1C=NCCN1CCN(CCO)CC1. The van der Waals surface area contributed by atoms with Crippen LogP contribution in [0.5, 0.6) is 0 Å². The highest BCUT2D eigenvalue weighted by molar-refractivity contribution is 6.14. The maximum absolute atomic E-state index is 12.7. The quantitative estimate of drug-likeness (QED) is 0.604. The fourth-order valence-corrected chi connectivity index (χ4v) is 4.52. The fourth-order valence-electron chi connectivity index (χ4n) is 4.52. The van der Waals surface area contributed by atoms with Crippen molar-refractivity contribution in [1.82, 2.24) is 14.8 Å². The van der Waals surface area contributed by atoms with Crippen molar-refractivity contribution in [2.24, 2.45) is 4.99 Å². The Hall–Kier alpha value is -2.87. The zero-order valence-corrected chi connectivity index (χ0v) is 18.9. The van der Waals surface area contributed by atoms with Crippen LogP contribution in [0.1, 0.15) is 24.3 Å². The molecule has 1 aliphatic heterocycles. The number of aliphatic imine (C=N–C) groups is 1. The van der Waals surface area contributed by atoms with Gasteiger partial charge in [-0.3, -0.25) is 24.6 Å². The summed E-state index contributed by atoms with van der Waals surface area (Å²) >= 11 is 0. The second kappa shape index (κ2) is 11.3. The molecule has 0 saturated carbocycles.